The molecular weight excluding hydrogens is 596 g/mol. The van der Waals surface area contributed by atoms with Crippen molar-refractivity contribution in [2.45, 2.75) is 18.5 Å². The van der Waals surface area contributed by atoms with Crippen LogP contribution in [0.3, 0.4) is 0 Å². The highest BCUT2D eigenvalue weighted by Crippen LogP contribution is 2.44. The Labute approximate surface area is 279 Å². The second-order valence-electron chi connectivity index (χ2n) is 12.2. The average molecular weight is 633 g/mol. The van der Waals surface area contributed by atoms with Crippen LogP contribution in [-0.2, 0) is 10.3 Å². The summed E-state index contributed by atoms with van der Waals surface area (Å²) in [6, 6.07) is 45.6. The fraction of sp³-hybridized carbons (Fsp3) is 0.175. The van der Waals surface area contributed by atoms with Gasteiger partial charge in [-0.05, 0) is 41.3 Å². The molecule has 1 aliphatic heterocycles. The molecule has 8 rings (SSSR count). The van der Waals surface area contributed by atoms with Crippen molar-refractivity contribution in [3.8, 4) is 0 Å². The van der Waals surface area contributed by atoms with Gasteiger partial charge < -0.3 is 19.9 Å². The zero-order valence-corrected chi connectivity index (χ0v) is 26.7. The zero-order valence-electron chi connectivity index (χ0n) is 26.7. The van der Waals surface area contributed by atoms with Gasteiger partial charge in [-0.2, -0.15) is 5.10 Å². The van der Waals surface area contributed by atoms with Gasteiger partial charge in [0.25, 0.3) is 5.91 Å². The van der Waals surface area contributed by atoms with Crippen molar-refractivity contribution in [3.63, 3.8) is 0 Å². The van der Waals surface area contributed by atoms with Crippen molar-refractivity contribution in [1.29, 1.82) is 0 Å². The highest BCUT2D eigenvalue weighted by Gasteiger charge is 2.41. The van der Waals surface area contributed by atoms with Crippen molar-refractivity contribution in [2.24, 2.45) is 0 Å². The van der Waals surface area contributed by atoms with Gasteiger partial charge in [0, 0.05) is 18.5 Å². The van der Waals surface area contributed by atoms with Gasteiger partial charge in [-0.1, -0.05) is 121 Å². The second-order valence-corrected chi connectivity index (χ2v) is 12.2. The smallest absolute Gasteiger partial charge is 0.287 e. The molecule has 1 aliphatic rings. The van der Waals surface area contributed by atoms with Gasteiger partial charge in [-0.15, -0.1) is 0 Å². The molecule has 8 nitrogen and oxygen atoms in total. The van der Waals surface area contributed by atoms with E-state index in [0.717, 1.165) is 57.6 Å². The number of nitrogens with zero attached hydrogens (tertiary/aromatic N) is 4. The number of amides is 1. The Hall–Kier alpha value is -5.73. The van der Waals surface area contributed by atoms with E-state index in [1.807, 2.05) is 55.5 Å². The quantitative estimate of drug-likeness (QED) is 0.175. The summed E-state index contributed by atoms with van der Waals surface area (Å²) in [6.07, 6.45) is 0. The third-order valence-corrected chi connectivity index (χ3v) is 9.33. The van der Waals surface area contributed by atoms with E-state index in [1.54, 1.807) is 0 Å². The van der Waals surface area contributed by atoms with Crippen molar-refractivity contribution >= 4 is 33.7 Å². The molecule has 0 aliphatic carbocycles. The van der Waals surface area contributed by atoms with Crippen molar-refractivity contribution in [1.82, 2.24) is 25.1 Å². The maximum absolute atomic E-state index is 13.5. The number of benzene rings is 5. The molecule has 1 saturated heterocycles. The van der Waals surface area contributed by atoms with Crippen LogP contribution < -0.4 is 10.2 Å². The molecule has 1 amide bonds. The molecule has 0 saturated carbocycles. The summed E-state index contributed by atoms with van der Waals surface area (Å²) in [5.41, 5.74) is 5.86. The van der Waals surface area contributed by atoms with Crippen LogP contribution in [0.15, 0.2) is 133 Å². The number of ether oxygens (including phenoxy) is 1. The van der Waals surface area contributed by atoms with Crippen molar-refractivity contribution in [2.75, 3.05) is 31.2 Å². The van der Waals surface area contributed by atoms with E-state index in [-0.39, 0.29) is 17.8 Å². The van der Waals surface area contributed by atoms with Crippen LogP contribution in [0.1, 0.15) is 45.8 Å². The highest BCUT2D eigenvalue weighted by atomic mass is 16.5. The second kappa shape index (κ2) is 12.5. The lowest BCUT2D eigenvalue weighted by Crippen LogP contribution is -2.40. The lowest BCUT2D eigenvalue weighted by molar-refractivity contribution is 0.0930. The topological polar surface area (TPSA) is 88.1 Å². The van der Waals surface area contributed by atoms with Gasteiger partial charge in [-0.3, -0.25) is 4.79 Å². The van der Waals surface area contributed by atoms with E-state index < -0.39 is 5.54 Å². The van der Waals surface area contributed by atoms with Crippen LogP contribution in [0.4, 0.5) is 5.82 Å². The Bertz CT molecular complexity index is 2080. The van der Waals surface area contributed by atoms with Crippen molar-refractivity contribution < 1.29 is 9.53 Å². The molecule has 238 valence electrons. The minimum absolute atomic E-state index is 0.171. The summed E-state index contributed by atoms with van der Waals surface area (Å²) in [5.74, 6) is 0.885. The number of rotatable bonds is 8. The summed E-state index contributed by atoms with van der Waals surface area (Å²) < 4.78 is 7.91. The maximum Gasteiger partial charge on any atom is 0.287 e. The van der Waals surface area contributed by atoms with E-state index in [0.29, 0.717) is 18.7 Å². The number of carbonyl (C=O) groups excluding carboxylic acids is 1. The molecule has 0 unspecified atom stereocenters. The fourth-order valence-corrected chi connectivity index (χ4v) is 6.97. The van der Waals surface area contributed by atoms with Crippen LogP contribution >= 0.6 is 0 Å². The number of nitrogens with one attached hydrogen (secondary N) is 2. The van der Waals surface area contributed by atoms with Gasteiger partial charge in [-0.25, -0.2) is 9.67 Å². The van der Waals surface area contributed by atoms with E-state index in [1.165, 1.54) is 0 Å². The van der Waals surface area contributed by atoms with Crippen LogP contribution in [0, 0.1) is 0 Å². The molecule has 1 atom stereocenters. The Morgan fingerprint density at radius 2 is 1.33 bits per heavy atom. The van der Waals surface area contributed by atoms with Crippen LogP contribution in [0.5, 0.6) is 0 Å². The van der Waals surface area contributed by atoms with Gasteiger partial charge in [0.2, 0.25) is 0 Å². The van der Waals surface area contributed by atoms with Crippen LogP contribution in [0.2, 0.25) is 0 Å². The summed E-state index contributed by atoms with van der Waals surface area (Å²) in [7, 11) is 0. The van der Waals surface area contributed by atoms with Gasteiger partial charge >= 0.3 is 0 Å². The van der Waals surface area contributed by atoms with E-state index >= 15 is 0 Å². The first-order valence-electron chi connectivity index (χ1n) is 16.4. The molecule has 1 fully saturated rings. The minimum Gasteiger partial charge on any atom is -0.378 e. The normalized spacial score (nSPS) is 14.3. The number of hydrogen-bond acceptors (Lipinski definition) is 5. The van der Waals surface area contributed by atoms with Crippen LogP contribution in [0.25, 0.3) is 21.9 Å². The minimum atomic E-state index is -0.814. The zero-order chi connectivity index (χ0) is 32.5. The maximum atomic E-state index is 13.5. The molecule has 8 heteroatoms. The third kappa shape index (κ3) is 5.11. The standard InChI is InChI=1S/C40H36N6O2/c1-28(29-14-6-2-7-15-29)41-39(47)37-42-34-26-33-36(27-35(34)43-37)46(44-38(33)45-22-24-48-25-23-45)40(30-16-8-3-9-17-30,31-18-10-4-11-19-31)32-20-12-5-13-21-32/h2-21,26-28H,22-25H2,1H3,(H,41,47)(H,42,43)/t28-/m1/s1. The Morgan fingerprint density at radius 3 is 1.90 bits per heavy atom. The first-order valence-corrected chi connectivity index (χ1v) is 16.4. The molecule has 0 radical (unpaired) electrons. The molecule has 7 aromatic rings. The summed E-state index contributed by atoms with van der Waals surface area (Å²) in [6.45, 7) is 4.69. The molecular formula is C40H36N6O2. The Morgan fingerprint density at radius 1 is 0.792 bits per heavy atom. The predicted molar refractivity (Wildman–Crippen MR) is 189 cm³/mol. The molecule has 2 aromatic heterocycles. The van der Waals surface area contributed by atoms with Crippen LogP contribution in [-0.4, -0.2) is 52.0 Å². The average Bonchev–Trinajstić information content (AvgIpc) is 3.75. The first-order chi connectivity index (χ1) is 23.6. The number of carbonyl (C=O) groups is 1. The Kier molecular flexibility index (Phi) is 7.70. The number of fused-ring (bicyclic) bond motifs is 2. The first kappa shape index (κ1) is 29.7. The number of aromatic amines is 1. The number of anilines is 1. The SMILES string of the molecule is C[C@@H](NC(=O)c1nc2cc3c(N4CCOCC4)nn(C(c4ccccc4)(c4ccccc4)c4ccccc4)c3cc2[nH]1)c1ccccc1. The van der Waals surface area contributed by atoms with E-state index in [2.05, 4.69) is 105 Å². The molecule has 2 N–H and O–H groups in total. The summed E-state index contributed by atoms with van der Waals surface area (Å²) in [4.78, 5) is 23.9. The van der Waals surface area contributed by atoms with Gasteiger partial charge in [0.1, 0.15) is 5.54 Å². The Balaban J connectivity index is 1.36. The van der Waals surface area contributed by atoms with Gasteiger partial charge in [0.05, 0.1) is 35.8 Å². The highest BCUT2D eigenvalue weighted by molar-refractivity contribution is 6.02. The summed E-state index contributed by atoms with van der Waals surface area (Å²) in [5, 5.41) is 9.58. The van der Waals surface area contributed by atoms with E-state index in [9.17, 15) is 4.79 Å². The molecule has 3 heterocycles. The number of H-pyrrole nitrogens is 1. The number of imidazole rings is 1. The van der Waals surface area contributed by atoms with Gasteiger partial charge in [0.15, 0.2) is 11.6 Å². The fourth-order valence-electron chi connectivity index (χ4n) is 6.97. The third-order valence-electron chi connectivity index (χ3n) is 9.33. The molecule has 5 aromatic carbocycles. The largest absolute Gasteiger partial charge is 0.378 e. The summed E-state index contributed by atoms with van der Waals surface area (Å²) >= 11 is 0. The monoisotopic (exact) mass is 632 g/mol. The number of morpholine rings is 1. The lowest BCUT2D eigenvalue weighted by atomic mass is 9.77. The predicted octanol–water partition coefficient (Wildman–Crippen LogP) is 7.08. The van der Waals surface area contributed by atoms with E-state index in [4.69, 9.17) is 14.8 Å². The molecule has 0 spiro atoms. The van der Waals surface area contributed by atoms with Crippen molar-refractivity contribution in [3.05, 3.63) is 162 Å². The number of aromatic nitrogens is 4. The number of hydrogen-bond donors (Lipinski definition) is 2. The molecule has 0 bridgehead atoms. The molecule has 48 heavy (non-hydrogen) atoms. The lowest BCUT2D eigenvalue weighted by Gasteiger charge is -2.37.